The second-order valence-electron chi connectivity index (χ2n) is 5.65. The Kier molecular flexibility index (Phi) is 16.1. The summed E-state index contributed by atoms with van der Waals surface area (Å²) in [5, 5.41) is 8.06. The van der Waals surface area contributed by atoms with Crippen LogP contribution in [0.5, 0.6) is 5.75 Å². The highest BCUT2D eigenvalue weighted by molar-refractivity contribution is 6.46. The van der Waals surface area contributed by atoms with Gasteiger partial charge >= 0.3 is 0 Å². The Bertz CT molecular complexity index is 785. The zero-order valence-electron chi connectivity index (χ0n) is 18.4. The van der Waals surface area contributed by atoms with Gasteiger partial charge in [0.1, 0.15) is 24.4 Å². The van der Waals surface area contributed by atoms with Gasteiger partial charge < -0.3 is 36.3 Å². The Balaban J connectivity index is 0. The van der Waals surface area contributed by atoms with Gasteiger partial charge in [-0.3, -0.25) is 9.79 Å². The zero-order valence-corrected chi connectivity index (χ0v) is 18.4. The zero-order chi connectivity index (χ0) is 23.7. The molecule has 30 heavy (non-hydrogen) atoms. The summed E-state index contributed by atoms with van der Waals surface area (Å²) in [6.07, 6.45) is 2.18. The maximum atomic E-state index is 11.3. The minimum Gasteiger partial charge on any atom is -0.486 e. The number of aryl methyl sites for hydroxylation is 1. The van der Waals surface area contributed by atoms with Crippen LogP contribution < -0.4 is 21.9 Å². The van der Waals surface area contributed by atoms with E-state index in [1.807, 2.05) is 0 Å². The van der Waals surface area contributed by atoms with Gasteiger partial charge in [-0.15, -0.1) is 0 Å². The molecule has 2 rings (SSSR count). The summed E-state index contributed by atoms with van der Waals surface area (Å²) in [5.41, 5.74) is 16.6. The molecule has 1 heterocycles. The maximum absolute atomic E-state index is 11.3. The third kappa shape index (κ3) is 12.3. The summed E-state index contributed by atoms with van der Waals surface area (Å²) < 4.78 is 10.9. The smallest absolute Gasteiger partial charge is 0.267 e. The molecule has 7 N–H and O–H groups in total. The number of carbonyl (C=O) groups is 2. The van der Waals surface area contributed by atoms with Gasteiger partial charge in [-0.25, -0.2) is 4.98 Å². The number of hydrogen-bond donors (Lipinski definition) is 4. The van der Waals surface area contributed by atoms with E-state index in [1.165, 1.54) is 21.0 Å². The Labute approximate surface area is 177 Å². The third-order valence-electron chi connectivity index (χ3n) is 2.79. The van der Waals surface area contributed by atoms with Gasteiger partial charge in [0.15, 0.2) is 11.7 Å². The summed E-state index contributed by atoms with van der Waals surface area (Å²) in [4.78, 5) is 28.0. The molecule has 0 aliphatic heterocycles. The monoisotopic (exact) mass is 423 g/mol. The molecule has 0 aliphatic rings. The van der Waals surface area contributed by atoms with Crippen LogP contribution in [-0.4, -0.2) is 48.2 Å². The normalized spacial score (nSPS) is 9.83. The highest BCUT2D eigenvalue weighted by atomic mass is 16.5. The van der Waals surface area contributed by atoms with Crippen molar-refractivity contribution in [2.24, 2.45) is 16.5 Å². The van der Waals surface area contributed by atoms with Crippen molar-refractivity contribution < 1.29 is 23.8 Å². The molecule has 0 spiro atoms. The van der Waals surface area contributed by atoms with Gasteiger partial charge in [-0.05, 0) is 46.0 Å². The molecular weight excluding hydrogens is 390 g/mol. The van der Waals surface area contributed by atoms with Crippen molar-refractivity contribution in [3.8, 4) is 5.75 Å². The van der Waals surface area contributed by atoms with Crippen LogP contribution in [-0.2, 0) is 16.2 Å². The van der Waals surface area contributed by atoms with Gasteiger partial charge in [0.2, 0.25) is 0 Å². The number of nitrogens with two attached hydrogens (primary N) is 3. The Morgan fingerprint density at radius 1 is 1.37 bits per heavy atom. The number of ether oxygens (including phenoxy) is 1. The molecule has 2 aromatic rings. The molecule has 0 atom stereocenters. The van der Waals surface area contributed by atoms with Crippen molar-refractivity contribution in [1.82, 2.24) is 4.98 Å². The summed E-state index contributed by atoms with van der Waals surface area (Å²) >= 11 is 0. The number of anilines is 1. The van der Waals surface area contributed by atoms with Crippen molar-refractivity contribution in [1.29, 1.82) is 0 Å². The minimum atomic E-state index is -0.646. The Morgan fingerprint density at radius 3 is 2.30 bits per heavy atom. The molecule has 1 amide bonds. The number of aliphatic hydroxyl groups excluding tert-OH is 1. The van der Waals surface area contributed by atoms with Crippen molar-refractivity contribution in [2.75, 3.05) is 19.8 Å². The van der Waals surface area contributed by atoms with Crippen molar-refractivity contribution in [2.45, 2.75) is 40.4 Å². The van der Waals surface area contributed by atoms with Crippen molar-refractivity contribution in [3.63, 3.8) is 0 Å². The first-order chi connectivity index (χ1) is 14.2. The quantitative estimate of drug-likeness (QED) is 0.314. The molecule has 10 nitrogen and oxygen atoms in total. The van der Waals surface area contributed by atoms with Crippen LogP contribution >= 0.6 is 0 Å². The molecular formula is C20H33N5O5. The average molecular weight is 424 g/mol. The second-order valence-corrected chi connectivity index (χ2v) is 5.65. The largest absolute Gasteiger partial charge is 0.486 e. The van der Waals surface area contributed by atoms with Gasteiger partial charge in [0.25, 0.3) is 5.91 Å². The van der Waals surface area contributed by atoms with Crippen molar-refractivity contribution >= 4 is 23.6 Å². The lowest BCUT2D eigenvalue weighted by Crippen LogP contribution is -2.25. The van der Waals surface area contributed by atoms with E-state index in [2.05, 4.69) is 15.7 Å². The number of rotatable bonds is 5. The summed E-state index contributed by atoms with van der Waals surface area (Å²) in [7, 11) is 2.98. The fraction of sp³-hybridized carbons (Fsp3) is 0.400. The molecule has 0 unspecified atom stereocenters. The fourth-order valence-electron chi connectivity index (χ4n) is 1.82. The number of aliphatic hydroxyl groups is 1. The number of nitrogens with zero attached hydrogens (tertiary/aromatic N) is 2. The molecule has 0 saturated carbocycles. The number of oxazole rings is 1. The lowest BCUT2D eigenvalue weighted by Gasteiger charge is -2.09. The molecule has 0 aliphatic carbocycles. The SMILES string of the molecule is CC(C)O.CC=O.CN.CN=C(C(N)=O)c1cc(OCc2cnc(C)o2)ccc1N. The maximum Gasteiger partial charge on any atom is 0.267 e. The Hall–Kier alpha value is -3.24. The molecule has 1 aromatic carbocycles. The number of hydrogen-bond acceptors (Lipinski definition) is 9. The second kappa shape index (κ2) is 16.7. The number of primary amides is 1. The van der Waals surface area contributed by atoms with E-state index in [4.69, 9.17) is 30.5 Å². The molecule has 0 radical (unpaired) electrons. The Morgan fingerprint density at radius 2 is 1.90 bits per heavy atom. The minimum absolute atomic E-state index is 0.105. The van der Waals surface area contributed by atoms with E-state index in [0.29, 0.717) is 28.7 Å². The molecule has 0 saturated heterocycles. The van der Waals surface area contributed by atoms with Crippen LogP contribution in [0.2, 0.25) is 0 Å². The van der Waals surface area contributed by atoms with E-state index in [9.17, 15) is 4.79 Å². The molecule has 10 heteroatoms. The lowest BCUT2D eigenvalue weighted by molar-refractivity contribution is -0.112. The lowest BCUT2D eigenvalue weighted by atomic mass is 10.1. The van der Waals surface area contributed by atoms with Gasteiger partial charge in [0, 0.05) is 31.3 Å². The highest BCUT2D eigenvalue weighted by Crippen LogP contribution is 2.21. The van der Waals surface area contributed by atoms with Crippen molar-refractivity contribution in [3.05, 3.63) is 41.6 Å². The van der Waals surface area contributed by atoms with Crippen LogP contribution in [0.1, 0.15) is 38.0 Å². The van der Waals surface area contributed by atoms with Crippen LogP contribution in [0.3, 0.4) is 0 Å². The summed E-state index contributed by atoms with van der Waals surface area (Å²) in [6.45, 7) is 6.86. The molecule has 168 valence electrons. The number of aldehydes is 1. The first kappa shape index (κ1) is 29.0. The number of aliphatic imine (C=N–C) groups is 1. The standard InChI is InChI=1S/C14H16N4O3.C3H8O.C2H4O.CH5N/c1-8-18-6-10(21-8)7-20-9-3-4-12(15)11(5-9)13(17-2)14(16)19;1-3(2)4;1-2-3;1-2/h3-6H,7,15H2,1-2H3,(H2,16,19);3-4H,1-2H3;2H,1H3;2H2,1H3. The van der Waals surface area contributed by atoms with E-state index in [1.54, 1.807) is 45.2 Å². The fourth-order valence-corrected chi connectivity index (χ4v) is 1.82. The highest BCUT2D eigenvalue weighted by Gasteiger charge is 2.14. The summed E-state index contributed by atoms with van der Waals surface area (Å²) in [6, 6.07) is 4.94. The number of amides is 1. The van der Waals surface area contributed by atoms with Crippen LogP contribution in [0.4, 0.5) is 5.69 Å². The van der Waals surface area contributed by atoms with Gasteiger partial charge in [0.05, 0.1) is 6.20 Å². The first-order valence-electron chi connectivity index (χ1n) is 9.02. The van der Waals surface area contributed by atoms with E-state index >= 15 is 0 Å². The molecule has 0 fully saturated rings. The van der Waals surface area contributed by atoms with Crippen LogP contribution in [0.25, 0.3) is 0 Å². The molecule has 1 aromatic heterocycles. The predicted molar refractivity (Wildman–Crippen MR) is 117 cm³/mol. The van der Waals surface area contributed by atoms with Crippen LogP contribution in [0, 0.1) is 6.92 Å². The predicted octanol–water partition coefficient (Wildman–Crippen LogP) is 1.22. The van der Waals surface area contributed by atoms with E-state index < -0.39 is 5.91 Å². The number of aromatic nitrogens is 1. The van der Waals surface area contributed by atoms with Gasteiger partial charge in [-0.1, -0.05) is 0 Å². The van der Waals surface area contributed by atoms with Crippen LogP contribution in [0.15, 0.2) is 33.8 Å². The van der Waals surface area contributed by atoms with E-state index in [0.717, 1.165) is 6.29 Å². The van der Waals surface area contributed by atoms with E-state index in [-0.39, 0.29) is 18.4 Å². The van der Waals surface area contributed by atoms with Gasteiger partial charge in [-0.2, -0.15) is 0 Å². The first-order valence-corrected chi connectivity index (χ1v) is 9.02. The number of carbonyl (C=O) groups excluding carboxylic acids is 2. The number of nitrogen functional groups attached to an aromatic ring is 1. The third-order valence-corrected chi connectivity index (χ3v) is 2.79. The topological polar surface area (TPSA) is 180 Å². The molecule has 0 bridgehead atoms. The summed E-state index contributed by atoms with van der Waals surface area (Å²) in [5.74, 6) is 1.05. The average Bonchev–Trinajstić information content (AvgIpc) is 3.09. The number of benzene rings is 1.